The Balaban J connectivity index is 1.51. The largest absolute Gasteiger partial charge is 0.457 e. The van der Waals surface area contributed by atoms with Gasteiger partial charge in [0.15, 0.2) is 0 Å². The molecule has 3 nitrogen and oxygen atoms in total. The highest BCUT2D eigenvalue weighted by Crippen LogP contribution is 2.21. The molecule has 3 rings (SSSR count). The normalized spacial score (nSPS) is 10.2. The maximum Gasteiger partial charge on any atom is 0.127 e. The van der Waals surface area contributed by atoms with Crippen LogP contribution in [0.2, 0.25) is 0 Å². The fourth-order valence-corrected chi connectivity index (χ4v) is 2.07. The highest BCUT2D eigenvalue weighted by atomic mass is 16.5. The van der Waals surface area contributed by atoms with E-state index in [2.05, 4.69) is 23.0 Å². The highest BCUT2D eigenvalue weighted by Gasteiger charge is 1.97. The third-order valence-electron chi connectivity index (χ3n) is 3.20. The van der Waals surface area contributed by atoms with E-state index >= 15 is 0 Å². The van der Waals surface area contributed by atoms with Crippen LogP contribution in [0.1, 0.15) is 5.56 Å². The van der Waals surface area contributed by atoms with Crippen molar-refractivity contribution in [1.82, 2.24) is 5.43 Å². The predicted molar refractivity (Wildman–Crippen MR) is 89.9 cm³/mol. The van der Waals surface area contributed by atoms with Gasteiger partial charge in [-0.3, -0.25) is 0 Å². The number of hydrogen-bond acceptors (Lipinski definition) is 3. The Kier molecular flexibility index (Phi) is 4.70. The Hall–Kier alpha value is -2.78. The topological polar surface area (TPSA) is 33.3 Å². The Morgan fingerprint density at radius 1 is 0.636 bits per heavy atom. The number of para-hydroxylation sites is 2. The number of hydrazine groups is 1. The summed E-state index contributed by atoms with van der Waals surface area (Å²) in [6.07, 6.45) is 0. The van der Waals surface area contributed by atoms with Crippen molar-refractivity contribution in [3.05, 3.63) is 90.5 Å². The quantitative estimate of drug-likeness (QED) is 0.651. The minimum Gasteiger partial charge on any atom is -0.457 e. The monoisotopic (exact) mass is 290 g/mol. The van der Waals surface area contributed by atoms with E-state index in [0.29, 0.717) is 0 Å². The van der Waals surface area contributed by atoms with Crippen LogP contribution in [-0.2, 0) is 6.54 Å². The van der Waals surface area contributed by atoms with Crippen LogP contribution in [0.5, 0.6) is 11.5 Å². The van der Waals surface area contributed by atoms with Gasteiger partial charge in [0.1, 0.15) is 11.5 Å². The molecule has 0 atom stereocenters. The van der Waals surface area contributed by atoms with Gasteiger partial charge >= 0.3 is 0 Å². The Bertz CT molecular complexity index is 682. The molecule has 0 radical (unpaired) electrons. The first-order valence-corrected chi connectivity index (χ1v) is 7.26. The zero-order valence-electron chi connectivity index (χ0n) is 12.2. The fourth-order valence-electron chi connectivity index (χ4n) is 2.07. The summed E-state index contributed by atoms with van der Waals surface area (Å²) in [4.78, 5) is 0. The van der Waals surface area contributed by atoms with E-state index in [4.69, 9.17) is 4.74 Å². The average molecular weight is 290 g/mol. The Labute approximate surface area is 130 Å². The molecule has 110 valence electrons. The standard InChI is InChI=1S/C19H18N2O/c1-3-7-17(8-4-1)21-20-15-16-11-13-19(14-12-16)22-18-9-5-2-6-10-18/h1-14,20-21H,15H2. The van der Waals surface area contributed by atoms with E-state index in [1.807, 2.05) is 72.8 Å². The van der Waals surface area contributed by atoms with Crippen LogP contribution in [-0.4, -0.2) is 0 Å². The second-order valence-electron chi connectivity index (χ2n) is 4.90. The molecule has 0 spiro atoms. The zero-order valence-corrected chi connectivity index (χ0v) is 12.2. The molecule has 0 aromatic heterocycles. The first kappa shape index (κ1) is 14.2. The molecule has 0 heterocycles. The van der Waals surface area contributed by atoms with Crippen molar-refractivity contribution in [2.45, 2.75) is 6.54 Å². The minimum absolute atomic E-state index is 0.737. The van der Waals surface area contributed by atoms with Crippen molar-refractivity contribution in [3.63, 3.8) is 0 Å². The summed E-state index contributed by atoms with van der Waals surface area (Å²) in [5, 5.41) is 0. The van der Waals surface area contributed by atoms with E-state index in [1.165, 1.54) is 5.56 Å². The maximum absolute atomic E-state index is 5.77. The average Bonchev–Trinajstić information content (AvgIpc) is 2.58. The van der Waals surface area contributed by atoms with E-state index in [1.54, 1.807) is 0 Å². The van der Waals surface area contributed by atoms with Crippen molar-refractivity contribution < 1.29 is 4.74 Å². The van der Waals surface area contributed by atoms with Crippen molar-refractivity contribution in [2.75, 3.05) is 5.43 Å². The summed E-state index contributed by atoms with van der Waals surface area (Å²) in [5.41, 5.74) is 8.59. The number of rotatable bonds is 6. The van der Waals surface area contributed by atoms with Gasteiger partial charge in [-0.1, -0.05) is 48.5 Å². The van der Waals surface area contributed by atoms with Gasteiger partial charge in [-0.05, 0) is 42.0 Å². The summed E-state index contributed by atoms with van der Waals surface area (Å²) in [5.74, 6) is 1.69. The smallest absolute Gasteiger partial charge is 0.127 e. The molecule has 22 heavy (non-hydrogen) atoms. The molecule has 0 saturated heterocycles. The Morgan fingerprint density at radius 3 is 1.91 bits per heavy atom. The van der Waals surface area contributed by atoms with Crippen LogP contribution < -0.4 is 15.6 Å². The van der Waals surface area contributed by atoms with Crippen LogP contribution >= 0.6 is 0 Å². The molecule has 3 heteroatoms. The molecule has 0 unspecified atom stereocenters. The van der Waals surface area contributed by atoms with E-state index < -0.39 is 0 Å². The van der Waals surface area contributed by atoms with Gasteiger partial charge in [-0.25, -0.2) is 5.43 Å². The lowest BCUT2D eigenvalue weighted by Crippen LogP contribution is -2.20. The minimum atomic E-state index is 0.737. The predicted octanol–water partition coefficient (Wildman–Crippen LogP) is 4.60. The molecule has 0 saturated carbocycles. The fraction of sp³-hybridized carbons (Fsp3) is 0.0526. The lowest BCUT2D eigenvalue weighted by atomic mass is 10.2. The summed E-state index contributed by atoms with van der Waals surface area (Å²) < 4.78 is 5.77. The molecule has 2 N–H and O–H groups in total. The van der Waals surface area contributed by atoms with Crippen LogP contribution in [0.3, 0.4) is 0 Å². The first-order valence-electron chi connectivity index (χ1n) is 7.26. The van der Waals surface area contributed by atoms with Crippen molar-refractivity contribution in [1.29, 1.82) is 0 Å². The number of benzene rings is 3. The van der Waals surface area contributed by atoms with Gasteiger partial charge in [0.05, 0.1) is 0 Å². The lowest BCUT2D eigenvalue weighted by Gasteiger charge is -2.09. The molecular weight excluding hydrogens is 272 g/mol. The summed E-state index contributed by atoms with van der Waals surface area (Å²) in [7, 11) is 0. The van der Waals surface area contributed by atoms with Crippen LogP contribution in [0.15, 0.2) is 84.9 Å². The van der Waals surface area contributed by atoms with Crippen molar-refractivity contribution in [3.8, 4) is 11.5 Å². The maximum atomic E-state index is 5.77. The molecular formula is C19H18N2O. The third-order valence-corrected chi connectivity index (χ3v) is 3.20. The second-order valence-corrected chi connectivity index (χ2v) is 4.90. The SMILES string of the molecule is c1ccc(NNCc2ccc(Oc3ccccc3)cc2)cc1. The van der Waals surface area contributed by atoms with Crippen LogP contribution in [0.4, 0.5) is 5.69 Å². The zero-order chi connectivity index (χ0) is 15.0. The summed E-state index contributed by atoms with van der Waals surface area (Å²) in [6.45, 7) is 0.737. The molecule has 3 aromatic carbocycles. The van der Waals surface area contributed by atoms with Gasteiger partial charge in [0.2, 0.25) is 0 Å². The number of ether oxygens (including phenoxy) is 1. The highest BCUT2D eigenvalue weighted by molar-refractivity contribution is 5.41. The molecule has 0 fully saturated rings. The molecule has 3 aromatic rings. The molecule has 0 aliphatic heterocycles. The Morgan fingerprint density at radius 2 is 1.23 bits per heavy atom. The summed E-state index contributed by atoms with van der Waals surface area (Å²) in [6, 6.07) is 27.9. The second kappa shape index (κ2) is 7.29. The van der Waals surface area contributed by atoms with Gasteiger partial charge in [-0.2, -0.15) is 0 Å². The molecule has 0 bridgehead atoms. The first-order chi connectivity index (χ1) is 10.9. The van der Waals surface area contributed by atoms with E-state index in [9.17, 15) is 0 Å². The van der Waals surface area contributed by atoms with E-state index in [-0.39, 0.29) is 0 Å². The lowest BCUT2D eigenvalue weighted by molar-refractivity contribution is 0.482. The van der Waals surface area contributed by atoms with Crippen molar-refractivity contribution in [2.24, 2.45) is 0 Å². The summed E-state index contributed by atoms with van der Waals surface area (Å²) >= 11 is 0. The van der Waals surface area contributed by atoms with Gasteiger partial charge in [0, 0.05) is 12.2 Å². The number of hydrogen-bond donors (Lipinski definition) is 2. The molecule has 0 aliphatic rings. The van der Waals surface area contributed by atoms with Gasteiger partial charge < -0.3 is 10.2 Å². The third kappa shape index (κ3) is 4.11. The van der Waals surface area contributed by atoms with Crippen LogP contribution in [0.25, 0.3) is 0 Å². The van der Waals surface area contributed by atoms with Crippen molar-refractivity contribution >= 4 is 5.69 Å². The number of anilines is 1. The van der Waals surface area contributed by atoms with Gasteiger partial charge in [-0.15, -0.1) is 0 Å². The number of nitrogens with one attached hydrogen (secondary N) is 2. The van der Waals surface area contributed by atoms with E-state index in [0.717, 1.165) is 23.7 Å². The molecule has 0 aliphatic carbocycles. The van der Waals surface area contributed by atoms with Crippen LogP contribution in [0, 0.1) is 0 Å². The molecule has 0 amide bonds. The van der Waals surface area contributed by atoms with Gasteiger partial charge in [0.25, 0.3) is 0 Å².